The van der Waals surface area contributed by atoms with E-state index in [-0.39, 0.29) is 81.5 Å². The molecule has 14 nitrogen and oxygen atoms in total. The molecule has 0 fully saturated rings. The Hall–Kier alpha value is -9.04. The Kier molecular flexibility index (Phi) is 52.7. The van der Waals surface area contributed by atoms with Crippen LogP contribution in [0.25, 0.3) is 0 Å². The first-order valence-corrected chi connectivity index (χ1v) is 47.5. The van der Waals surface area contributed by atoms with E-state index in [4.69, 9.17) is 0 Å². The molecule has 0 aliphatic heterocycles. The van der Waals surface area contributed by atoms with Crippen LogP contribution in [0.1, 0.15) is 339 Å². The summed E-state index contributed by atoms with van der Waals surface area (Å²) in [6.07, 6.45) is 73.7. The van der Waals surface area contributed by atoms with Crippen LogP contribution >= 0.6 is 0 Å². The Morgan fingerprint density at radius 1 is 0.320 bits per heavy atom. The summed E-state index contributed by atoms with van der Waals surface area (Å²) in [6, 6.07) is 0. The highest BCUT2D eigenvalue weighted by atomic mass is 16.2. The van der Waals surface area contributed by atoms with Gasteiger partial charge in [-0.05, 0) is 309 Å². The van der Waals surface area contributed by atoms with Gasteiger partial charge in [-0.15, -0.1) is 0 Å². The number of ketones is 2. The minimum absolute atomic E-state index is 0.0456. The van der Waals surface area contributed by atoms with Gasteiger partial charge in [-0.3, -0.25) is 38.4 Å². The number of carbonyl (C=O) groups is 8. The Bertz CT molecular complexity index is 4220. The number of carbonyl (C=O) groups excluding carboxylic acids is 8. The molecule has 4 aliphatic rings. The number of allylic oxidation sites excluding steroid dienone is 38. The van der Waals surface area contributed by atoms with Crippen molar-refractivity contribution in [3.8, 4) is 0 Å². The smallest absolute Gasteiger partial charge is 0.244 e. The molecule has 0 spiro atoms. The van der Waals surface area contributed by atoms with E-state index in [0.29, 0.717) is 90.6 Å². The van der Waals surface area contributed by atoms with Gasteiger partial charge in [0.2, 0.25) is 35.4 Å². The fourth-order valence-electron chi connectivity index (χ4n) is 16.9. The summed E-state index contributed by atoms with van der Waals surface area (Å²) in [6.45, 7) is 50.7. The molecule has 125 heavy (non-hydrogen) atoms. The SMILES string of the molecule is CCC(=O)NCCCCCNC(=O)C(CCCCNC(=O)/C=C(C)/C=C/C=C(C)/C=C/C1=C(C)CCCC1(C)C)CC(=O)/C=C(C)/C=C/C=C(C)/C=C/C1=C(C)CCCC1(C)C.CCCC(=O)NCCCCCNC(=O)C(CCCCNC(=O)/C=C(C)/C=C/C=C(C)/C=C/C1=C(C)CCCC1(C)C)CC(=O)/C=C(C)/C=C/C=C(C)/C=C/C1=C(C)CCCC1(C)C. The van der Waals surface area contributed by atoms with Crippen molar-refractivity contribution in [1.82, 2.24) is 31.9 Å². The molecule has 0 bridgehead atoms. The van der Waals surface area contributed by atoms with Gasteiger partial charge < -0.3 is 31.9 Å². The van der Waals surface area contributed by atoms with Gasteiger partial charge >= 0.3 is 0 Å². The van der Waals surface area contributed by atoms with E-state index in [1.54, 1.807) is 24.3 Å². The monoisotopic (exact) mass is 1710 g/mol. The topological polar surface area (TPSA) is 209 Å². The molecule has 0 aromatic heterocycles. The molecular formula is C111H168N6O8. The standard InChI is InChI=1S/C56H85N3O4.C55H83N3O4/c1-12-22-52(61)57-36-15-13-16-38-59-54(63)48(41-49(60)39-44(4)25-18-23-42(2)30-32-50-46(6)27-20-34-55(50,8)9)29-14-17-37-58-53(62)40-45(5)26-19-24-43(3)31-33-51-47(7)28-21-35-56(51,10)11;1-12-51(60)56-35-15-13-16-37-58-53(62)47(40-48(59)38-43(4)24-18-22-41(2)29-31-49-45(6)26-20-33-54(49,8)9)28-14-17-36-57-52(61)39-44(5)25-19-23-42(3)30-32-50-46(7)27-21-34-55(50,10)11/h18-19,23-26,30-33,39-40,48H,12-17,20-22,27-29,34-38,41H2,1-11H3,(H,57,61)(H,58,62)(H,59,63);18-19,22-25,29-32,38-39,47H,12-17,20-21,26-28,33-37,40H2,1-11H3,(H,56,60)(H,57,61)(H,58,62)/b25-18+,26-19+,32-30+,33-31+,42-23+,43-24+,44-39+,45-40+;24-18+,25-19+,31-29+,32-30+,41-22+,42-23+,43-38+,44-39+. The van der Waals surface area contributed by atoms with Crippen LogP contribution in [0.3, 0.4) is 0 Å². The van der Waals surface area contributed by atoms with Gasteiger partial charge in [-0.2, -0.15) is 0 Å². The average molecular weight is 1710 g/mol. The van der Waals surface area contributed by atoms with Crippen molar-refractivity contribution >= 4 is 47.0 Å². The molecule has 6 N–H and O–H groups in total. The van der Waals surface area contributed by atoms with E-state index in [0.717, 1.165) is 102 Å². The van der Waals surface area contributed by atoms with E-state index in [2.05, 4.69) is 216 Å². The predicted molar refractivity (Wildman–Crippen MR) is 529 cm³/mol. The average Bonchev–Trinajstić information content (AvgIpc) is 0.836. The Morgan fingerprint density at radius 3 is 0.864 bits per heavy atom. The lowest BCUT2D eigenvalue weighted by Crippen LogP contribution is -2.33. The molecule has 690 valence electrons. The number of unbranched alkanes of at least 4 members (excludes halogenated alkanes) is 6. The van der Waals surface area contributed by atoms with Crippen molar-refractivity contribution in [3.63, 3.8) is 0 Å². The molecule has 0 saturated carbocycles. The molecule has 0 heterocycles. The summed E-state index contributed by atoms with van der Waals surface area (Å²) in [5.74, 6) is -1.48. The molecule has 0 aromatic carbocycles. The number of hydrogen-bond donors (Lipinski definition) is 6. The van der Waals surface area contributed by atoms with E-state index in [9.17, 15) is 38.4 Å². The fourth-order valence-corrected chi connectivity index (χ4v) is 16.9. The zero-order valence-electron chi connectivity index (χ0n) is 82.0. The second kappa shape index (κ2) is 59.8. The molecule has 0 aromatic rings. The van der Waals surface area contributed by atoms with E-state index >= 15 is 0 Å². The first kappa shape index (κ1) is 110. The summed E-state index contributed by atoms with van der Waals surface area (Å²) in [5, 5.41) is 17.9. The van der Waals surface area contributed by atoms with Crippen molar-refractivity contribution in [2.24, 2.45) is 33.5 Å². The van der Waals surface area contributed by atoms with Crippen molar-refractivity contribution < 1.29 is 38.4 Å². The molecule has 14 heteroatoms. The largest absolute Gasteiger partial charge is 0.356 e. The fraction of sp³-hybridized carbons (Fsp3) is 0.568. The van der Waals surface area contributed by atoms with Crippen LogP contribution in [0.15, 0.2) is 235 Å². The van der Waals surface area contributed by atoms with Gasteiger partial charge in [0.1, 0.15) is 0 Å². The number of rotatable bonds is 51. The lowest BCUT2D eigenvalue weighted by atomic mass is 9.72. The Labute approximate surface area is 759 Å². The number of hydrogen-bond acceptors (Lipinski definition) is 8. The zero-order valence-corrected chi connectivity index (χ0v) is 82.0. The van der Waals surface area contributed by atoms with Gasteiger partial charge in [0.05, 0.1) is 0 Å². The molecule has 6 amide bonds. The molecule has 2 unspecified atom stereocenters. The highest BCUT2D eigenvalue weighted by molar-refractivity contribution is 5.95. The van der Waals surface area contributed by atoms with Gasteiger partial charge in [0, 0.05) is 88.9 Å². The van der Waals surface area contributed by atoms with E-state index in [1.807, 2.05) is 90.2 Å². The molecule has 4 aliphatic carbocycles. The van der Waals surface area contributed by atoms with Crippen LogP contribution in [-0.2, 0) is 38.4 Å². The third-order valence-electron chi connectivity index (χ3n) is 24.5. The van der Waals surface area contributed by atoms with E-state index < -0.39 is 11.8 Å². The predicted octanol–water partition coefficient (Wildman–Crippen LogP) is 25.8. The maximum atomic E-state index is 13.4. The lowest BCUT2D eigenvalue weighted by Gasteiger charge is -2.33. The molecule has 4 rings (SSSR count). The van der Waals surface area contributed by atoms with Crippen molar-refractivity contribution in [1.29, 1.82) is 0 Å². The minimum atomic E-state index is -0.461. The van der Waals surface area contributed by atoms with Crippen molar-refractivity contribution in [2.75, 3.05) is 39.3 Å². The molecule has 2 atom stereocenters. The summed E-state index contributed by atoms with van der Waals surface area (Å²) in [5.41, 5.74) is 20.4. The second-order valence-corrected chi connectivity index (χ2v) is 38.5. The van der Waals surface area contributed by atoms with Crippen LogP contribution in [-0.4, -0.2) is 86.3 Å². The van der Waals surface area contributed by atoms with Crippen LogP contribution in [0.4, 0.5) is 0 Å². The third-order valence-corrected chi connectivity index (χ3v) is 24.5. The normalized spacial score (nSPS) is 18.3. The Morgan fingerprint density at radius 2 is 0.584 bits per heavy atom. The van der Waals surface area contributed by atoms with Crippen LogP contribution < -0.4 is 31.9 Å². The molecule has 0 radical (unpaired) electrons. The van der Waals surface area contributed by atoms with Gasteiger partial charge in [-0.25, -0.2) is 0 Å². The summed E-state index contributed by atoms with van der Waals surface area (Å²) in [7, 11) is 0. The van der Waals surface area contributed by atoms with Crippen molar-refractivity contribution in [3.05, 3.63) is 235 Å². The number of amides is 6. The zero-order chi connectivity index (χ0) is 93.0. The first-order valence-electron chi connectivity index (χ1n) is 47.5. The van der Waals surface area contributed by atoms with Crippen LogP contribution in [0.2, 0.25) is 0 Å². The minimum Gasteiger partial charge on any atom is -0.356 e. The Balaban J connectivity index is 0.000000645. The summed E-state index contributed by atoms with van der Waals surface area (Å²) >= 11 is 0. The van der Waals surface area contributed by atoms with Crippen molar-refractivity contribution in [2.45, 2.75) is 339 Å². The summed E-state index contributed by atoms with van der Waals surface area (Å²) < 4.78 is 0. The molecular weight excluding hydrogens is 1550 g/mol. The van der Waals surface area contributed by atoms with Gasteiger partial charge in [0.15, 0.2) is 11.6 Å². The molecule has 0 saturated heterocycles. The number of nitrogens with one attached hydrogen (secondary N) is 6. The maximum Gasteiger partial charge on any atom is 0.244 e. The summed E-state index contributed by atoms with van der Waals surface area (Å²) in [4.78, 5) is 102. The maximum absolute atomic E-state index is 13.4. The van der Waals surface area contributed by atoms with Gasteiger partial charge in [0.25, 0.3) is 0 Å². The quantitative estimate of drug-likeness (QED) is 0.0196. The highest BCUT2D eigenvalue weighted by Gasteiger charge is 2.31. The van der Waals surface area contributed by atoms with Gasteiger partial charge in [-0.1, -0.05) is 248 Å². The highest BCUT2D eigenvalue weighted by Crippen LogP contribution is 2.44. The van der Waals surface area contributed by atoms with Crippen LogP contribution in [0.5, 0.6) is 0 Å². The van der Waals surface area contributed by atoms with E-state index in [1.165, 1.54) is 109 Å². The van der Waals surface area contributed by atoms with Crippen LogP contribution in [0, 0.1) is 33.5 Å². The first-order chi connectivity index (χ1) is 59.2. The second-order valence-electron chi connectivity index (χ2n) is 38.5. The lowest BCUT2D eigenvalue weighted by molar-refractivity contribution is -0.128. The third kappa shape index (κ3) is 47.4.